The average Bonchev–Trinajstić information content (AvgIpc) is 2.09. The zero-order chi connectivity index (χ0) is 8.97. The molecule has 1 N–H and O–H groups in total. The van der Waals surface area contributed by atoms with E-state index in [2.05, 4.69) is 4.72 Å². The van der Waals surface area contributed by atoms with E-state index in [-0.39, 0.29) is 0 Å². The van der Waals surface area contributed by atoms with Crippen LogP contribution in [0.1, 0.15) is 32.6 Å². The van der Waals surface area contributed by atoms with E-state index in [1.54, 1.807) is 0 Å². The maximum atomic E-state index is 11.1. The smallest absolute Gasteiger partial charge is 0.133 e. The fourth-order valence-electron chi connectivity index (χ4n) is 1.33. The van der Waals surface area contributed by atoms with Crippen LogP contribution < -0.4 is 4.72 Å². The summed E-state index contributed by atoms with van der Waals surface area (Å²) in [5.74, 6) is 0.986. The quantitative estimate of drug-likeness (QED) is 0.713. The highest BCUT2D eigenvalue weighted by Gasteiger charge is 2.19. The van der Waals surface area contributed by atoms with Crippen LogP contribution in [0.15, 0.2) is 0 Å². The van der Waals surface area contributed by atoms with Crippen molar-refractivity contribution in [1.82, 2.24) is 4.72 Å². The molecule has 0 aromatic rings. The highest BCUT2D eigenvalue weighted by Crippen LogP contribution is 2.14. The monoisotopic (exact) mass is 189 g/mol. The maximum Gasteiger partial charge on any atom is 0.133 e. The third kappa shape index (κ3) is 3.03. The van der Waals surface area contributed by atoms with Gasteiger partial charge in [-0.15, -0.1) is 0 Å². The first-order valence-corrected chi connectivity index (χ1v) is 5.70. The lowest BCUT2D eigenvalue weighted by atomic mass is 9.95. The summed E-state index contributed by atoms with van der Waals surface area (Å²) < 4.78 is 14.1. The Labute approximate surface area is 75.5 Å². The van der Waals surface area contributed by atoms with Crippen LogP contribution in [-0.4, -0.2) is 21.8 Å². The van der Waals surface area contributed by atoms with Crippen molar-refractivity contribution in [3.8, 4) is 0 Å². The second kappa shape index (κ2) is 4.72. The Balaban J connectivity index is 2.26. The van der Waals surface area contributed by atoms with Gasteiger partial charge in [-0.3, -0.25) is 4.79 Å². The van der Waals surface area contributed by atoms with Gasteiger partial charge in [-0.25, -0.2) is 8.93 Å². The van der Waals surface area contributed by atoms with Crippen LogP contribution in [0.3, 0.4) is 0 Å². The molecular formula is C8H15NO2S. The molecule has 1 aliphatic rings. The van der Waals surface area contributed by atoms with Gasteiger partial charge in [0.05, 0.1) is 11.0 Å². The van der Waals surface area contributed by atoms with E-state index in [9.17, 15) is 9.00 Å². The van der Waals surface area contributed by atoms with Gasteiger partial charge in [-0.1, -0.05) is 6.92 Å². The van der Waals surface area contributed by atoms with E-state index < -0.39 is 11.0 Å². The predicted octanol–water partition coefficient (Wildman–Crippen LogP) is 0.771. The van der Waals surface area contributed by atoms with Gasteiger partial charge in [-0.05, 0) is 12.8 Å². The van der Waals surface area contributed by atoms with E-state index >= 15 is 0 Å². The lowest BCUT2D eigenvalue weighted by Crippen LogP contribution is -2.35. The molecular weight excluding hydrogens is 174 g/mol. The van der Waals surface area contributed by atoms with Crippen molar-refractivity contribution in [1.29, 1.82) is 0 Å². The minimum atomic E-state index is -0.897. The van der Waals surface area contributed by atoms with Gasteiger partial charge in [0, 0.05) is 24.6 Å². The van der Waals surface area contributed by atoms with Crippen molar-refractivity contribution >= 4 is 16.8 Å². The Kier molecular flexibility index (Phi) is 3.88. The summed E-state index contributed by atoms with van der Waals surface area (Å²) in [6, 6.07) is 0.295. The van der Waals surface area contributed by atoms with E-state index in [1.165, 1.54) is 0 Å². The lowest BCUT2D eigenvalue weighted by Gasteiger charge is -2.20. The second-order valence-corrected chi connectivity index (χ2v) is 4.57. The largest absolute Gasteiger partial charge is 0.300 e. The third-order valence-electron chi connectivity index (χ3n) is 2.10. The number of hydrogen-bond acceptors (Lipinski definition) is 2. The molecule has 1 aliphatic carbocycles. The molecule has 3 nitrogen and oxygen atoms in total. The Hall–Kier alpha value is -0.220. The first-order valence-electron chi connectivity index (χ1n) is 4.38. The highest BCUT2D eigenvalue weighted by molar-refractivity contribution is 7.82. The predicted molar refractivity (Wildman–Crippen MR) is 49.1 cm³/mol. The van der Waals surface area contributed by atoms with Gasteiger partial charge >= 0.3 is 0 Å². The van der Waals surface area contributed by atoms with Gasteiger partial charge in [0.15, 0.2) is 0 Å². The number of carbonyl (C=O) groups is 1. The summed E-state index contributed by atoms with van der Waals surface area (Å²) >= 11 is 0. The summed E-state index contributed by atoms with van der Waals surface area (Å²) in [4.78, 5) is 10.9. The van der Waals surface area contributed by atoms with E-state index in [0.717, 1.165) is 12.8 Å². The SMILES string of the molecule is CCS(=O)NC1CCC(=O)CC1. The highest BCUT2D eigenvalue weighted by atomic mass is 32.2. The normalized spacial score (nSPS) is 22.6. The average molecular weight is 189 g/mol. The molecule has 0 amide bonds. The molecule has 0 aromatic carbocycles. The van der Waals surface area contributed by atoms with Crippen LogP contribution in [0.25, 0.3) is 0 Å². The van der Waals surface area contributed by atoms with Crippen molar-refractivity contribution in [3.63, 3.8) is 0 Å². The van der Waals surface area contributed by atoms with E-state index in [4.69, 9.17) is 0 Å². The molecule has 0 aromatic heterocycles. The molecule has 0 spiro atoms. The molecule has 12 heavy (non-hydrogen) atoms. The third-order valence-corrected chi connectivity index (χ3v) is 3.22. The zero-order valence-corrected chi connectivity index (χ0v) is 8.15. The van der Waals surface area contributed by atoms with Crippen LogP contribution >= 0.6 is 0 Å². The first-order chi connectivity index (χ1) is 5.72. The number of rotatable bonds is 3. The fraction of sp³-hybridized carbons (Fsp3) is 0.875. The van der Waals surface area contributed by atoms with Gasteiger partial charge in [0.2, 0.25) is 0 Å². The maximum absolute atomic E-state index is 11.1. The molecule has 0 saturated heterocycles. The lowest BCUT2D eigenvalue weighted by molar-refractivity contribution is -0.120. The molecule has 1 unspecified atom stereocenters. The second-order valence-electron chi connectivity index (χ2n) is 3.06. The molecule has 4 heteroatoms. The number of hydrogen-bond donors (Lipinski definition) is 1. The van der Waals surface area contributed by atoms with Crippen LogP contribution in [0.2, 0.25) is 0 Å². The number of ketones is 1. The number of carbonyl (C=O) groups excluding carboxylic acids is 1. The van der Waals surface area contributed by atoms with Crippen LogP contribution in [-0.2, 0) is 15.8 Å². The van der Waals surface area contributed by atoms with Gasteiger partial charge < -0.3 is 0 Å². The molecule has 1 fully saturated rings. The molecule has 0 bridgehead atoms. The summed E-state index contributed by atoms with van der Waals surface area (Å²) in [7, 11) is -0.897. The van der Waals surface area contributed by atoms with Gasteiger partial charge in [-0.2, -0.15) is 0 Å². The van der Waals surface area contributed by atoms with Crippen molar-refractivity contribution in [3.05, 3.63) is 0 Å². The number of nitrogens with one attached hydrogen (secondary N) is 1. The molecule has 0 radical (unpaired) electrons. The topological polar surface area (TPSA) is 46.2 Å². The minimum absolute atomic E-state index is 0.295. The van der Waals surface area contributed by atoms with Crippen LogP contribution in [0.5, 0.6) is 0 Å². The fourth-order valence-corrected chi connectivity index (χ4v) is 2.10. The molecule has 0 heterocycles. The Morgan fingerprint density at radius 1 is 1.50 bits per heavy atom. The van der Waals surface area contributed by atoms with Gasteiger partial charge in [0.25, 0.3) is 0 Å². The molecule has 1 atom stereocenters. The number of Topliss-reactive ketones (excluding diaryl/α,β-unsaturated/α-hetero) is 1. The summed E-state index contributed by atoms with van der Waals surface area (Å²) in [6.45, 7) is 1.89. The Morgan fingerprint density at radius 3 is 2.58 bits per heavy atom. The first kappa shape index (κ1) is 9.86. The summed E-state index contributed by atoms with van der Waals surface area (Å²) in [5.41, 5.74) is 0. The van der Waals surface area contributed by atoms with Gasteiger partial charge in [0.1, 0.15) is 5.78 Å². The molecule has 1 rings (SSSR count). The molecule has 1 saturated carbocycles. The van der Waals surface area contributed by atoms with Crippen molar-refractivity contribution in [2.45, 2.75) is 38.6 Å². The van der Waals surface area contributed by atoms with Crippen molar-refractivity contribution in [2.24, 2.45) is 0 Å². The van der Waals surface area contributed by atoms with Crippen molar-refractivity contribution in [2.75, 3.05) is 5.75 Å². The molecule has 0 aliphatic heterocycles. The zero-order valence-electron chi connectivity index (χ0n) is 7.34. The van der Waals surface area contributed by atoms with Crippen molar-refractivity contribution < 1.29 is 9.00 Å². The Bertz CT molecular complexity index is 183. The molecule has 70 valence electrons. The minimum Gasteiger partial charge on any atom is -0.300 e. The summed E-state index contributed by atoms with van der Waals surface area (Å²) in [6.07, 6.45) is 3.01. The Morgan fingerprint density at radius 2 is 2.08 bits per heavy atom. The van der Waals surface area contributed by atoms with E-state index in [0.29, 0.717) is 30.4 Å². The standard InChI is InChI=1S/C8H15NO2S/c1-2-12(11)9-7-3-5-8(10)6-4-7/h7,9H,2-6H2,1H3. The van der Waals surface area contributed by atoms with E-state index in [1.807, 2.05) is 6.92 Å². The summed E-state index contributed by atoms with van der Waals surface area (Å²) in [5, 5.41) is 0. The van der Waals surface area contributed by atoms with Crippen LogP contribution in [0.4, 0.5) is 0 Å². The van der Waals surface area contributed by atoms with Crippen LogP contribution in [0, 0.1) is 0 Å².